The molecular weight excluding hydrogens is 450 g/mol. The monoisotopic (exact) mass is 489 g/mol. The fraction of sp³-hybridized carbons (Fsp3) is 0.577. The van der Waals surface area contributed by atoms with Crippen LogP contribution in [0.2, 0.25) is 0 Å². The van der Waals surface area contributed by atoms with Crippen molar-refractivity contribution in [3.63, 3.8) is 0 Å². The molecule has 3 rings (SSSR count). The Bertz CT molecular complexity index is 1050. The largest absolute Gasteiger partial charge is 0.487 e. The van der Waals surface area contributed by atoms with Crippen LogP contribution in [0.4, 0.5) is 0 Å². The molecule has 1 unspecified atom stereocenters. The van der Waals surface area contributed by atoms with Crippen molar-refractivity contribution in [2.45, 2.75) is 78.0 Å². The third kappa shape index (κ3) is 7.09. The Morgan fingerprint density at radius 1 is 1.21 bits per heavy atom. The SMILES string of the molecule is CCS(=O)(=O)N(CCCCC(=O)NCCCn1cccc1)C1CC(C)(C)Oc2ccc(C)cc21. The second-order valence-corrected chi connectivity index (χ2v) is 11.9. The predicted octanol–water partition coefficient (Wildman–Crippen LogP) is 4.43. The predicted molar refractivity (Wildman–Crippen MR) is 135 cm³/mol. The highest BCUT2D eigenvalue weighted by atomic mass is 32.2. The first-order valence-electron chi connectivity index (χ1n) is 12.3. The van der Waals surface area contributed by atoms with Gasteiger partial charge in [-0.15, -0.1) is 0 Å². The minimum Gasteiger partial charge on any atom is -0.487 e. The Kier molecular flexibility index (Phi) is 8.82. The van der Waals surface area contributed by atoms with E-state index in [2.05, 4.69) is 9.88 Å². The van der Waals surface area contributed by atoms with Crippen molar-refractivity contribution in [3.05, 3.63) is 53.9 Å². The average molecular weight is 490 g/mol. The number of carbonyl (C=O) groups excluding carboxylic acids is 1. The maximum absolute atomic E-state index is 13.1. The summed E-state index contributed by atoms with van der Waals surface area (Å²) in [4.78, 5) is 12.2. The highest BCUT2D eigenvalue weighted by Gasteiger charge is 2.40. The van der Waals surface area contributed by atoms with Crippen LogP contribution in [0.5, 0.6) is 5.75 Å². The number of benzene rings is 1. The molecule has 34 heavy (non-hydrogen) atoms. The number of ether oxygens (including phenoxy) is 1. The lowest BCUT2D eigenvalue weighted by molar-refractivity contribution is -0.121. The quantitative estimate of drug-likeness (QED) is 0.447. The smallest absolute Gasteiger partial charge is 0.219 e. The Morgan fingerprint density at radius 2 is 1.94 bits per heavy atom. The van der Waals surface area contributed by atoms with Gasteiger partial charge in [-0.05, 0) is 65.2 Å². The zero-order valence-electron chi connectivity index (χ0n) is 20.9. The first-order valence-corrected chi connectivity index (χ1v) is 13.9. The van der Waals surface area contributed by atoms with Crippen LogP contribution in [-0.4, -0.2) is 47.6 Å². The summed E-state index contributed by atoms with van der Waals surface area (Å²) in [6, 6.07) is 9.67. The van der Waals surface area contributed by atoms with Crippen LogP contribution in [0.1, 0.15) is 70.0 Å². The lowest BCUT2D eigenvalue weighted by Crippen LogP contribution is -2.44. The summed E-state index contributed by atoms with van der Waals surface area (Å²) >= 11 is 0. The van der Waals surface area contributed by atoms with Crippen LogP contribution in [0.25, 0.3) is 0 Å². The molecule has 2 heterocycles. The van der Waals surface area contributed by atoms with Crippen LogP contribution >= 0.6 is 0 Å². The molecule has 1 aliphatic heterocycles. The van der Waals surface area contributed by atoms with Gasteiger partial charge in [-0.1, -0.05) is 17.7 Å². The Labute approximate surface area is 204 Å². The van der Waals surface area contributed by atoms with Crippen LogP contribution < -0.4 is 10.1 Å². The van der Waals surface area contributed by atoms with Crippen LogP contribution in [-0.2, 0) is 21.4 Å². The van der Waals surface area contributed by atoms with E-state index in [0.717, 1.165) is 29.8 Å². The molecule has 0 radical (unpaired) electrons. The van der Waals surface area contributed by atoms with Gasteiger partial charge in [-0.2, -0.15) is 4.31 Å². The standard InChI is InChI=1S/C26H39N3O4S/c1-5-34(31,32)29(23-20-26(3,4)33-24-13-12-21(2)19-22(23)24)18-7-6-11-25(30)27-14-10-17-28-15-8-9-16-28/h8-9,12-13,15-16,19,23H,5-7,10-11,14,17-18,20H2,1-4H3,(H,27,30). The lowest BCUT2D eigenvalue weighted by Gasteiger charge is -2.42. The van der Waals surface area contributed by atoms with E-state index in [1.54, 1.807) is 11.2 Å². The van der Waals surface area contributed by atoms with Crippen LogP contribution in [0.3, 0.4) is 0 Å². The maximum atomic E-state index is 13.1. The first-order chi connectivity index (χ1) is 16.1. The molecule has 0 fully saturated rings. The number of hydrogen-bond acceptors (Lipinski definition) is 4. The third-order valence-electron chi connectivity index (χ3n) is 6.28. The number of sulfonamides is 1. The second kappa shape index (κ2) is 11.4. The van der Waals surface area contributed by atoms with Crippen molar-refractivity contribution in [1.29, 1.82) is 0 Å². The zero-order valence-corrected chi connectivity index (χ0v) is 21.7. The number of nitrogens with zero attached hydrogens (tertiary/aromatic N) is 2. The highest BCUT2D eigenvalue weighted by Crippen LogP contribution is 2.44. The van der Waals surface area contributed by atoms with Gasteiger partial charge in [0.1, 0.15) is 11.4 Å². The van der Waals surface area contributed by atoms with Gasteiger partial charge in [0, 0.05) is 50.4 Å². The number of aromatic nitrogens is 1. The normalized spacial score (nSPS) is 17.3. The van der Waals surface area contributed by atoms with Crippen molar-refractivity contribution >= 4 is 15.9 Å². The Hall–Kier alpha value is -2.32. The molecule has 0 bridgehead atoms. The molecule has 0 saturated heterocycles. The second-order valence-electron chi connectivity index (χ2n) is 9.72. The molecule has 0 aliphatic carbocycles. The number of nitrogens with one attached hydrogen (secondary N) is 1. The van der Waals surface area contributed by atoms with Gasteiger partial charge >= 0.3 is 0 Å². The van der Waals surface area contributed by atoms with Gasteiger partial charge in [0.15, 0.2) is 0 Å². The summed E-state index contributed by atoms with van der Waals surface area (Å²) in [6.45, 7) is 9.60. The number of rotatable bonds is 12. The molecule has 1 N–H and O–H groups in total. The average Bonchev–Trinajstić information content (AvgIpc) is 3.30. The maximum Gasteiger partial charge on any atom is 0.219 e. The first kappa shape index (κ1) is 26.3. The van der Waals surface area contributed by atoms with E-state index in [1.165, 1.54) is 0 Å². The topological polar surface area (TPSA) is 80.6 Å². The molecule has 1 amide bonds. The molecule has 188 valence electrons. The fourth-order valence-corrected chi connectivity index (χ4v) is 5.81. The third-order valence-corrected chi connectivity index (χ3v) is 8.16. The Balaban J connectivity index is 1.57. The van der Waals surface area contributed by atoms with Crippen LogP contribution in [0.15, 0.2) is 42.7 Å². The molecule has 0 spiro atoms. The summed E-state index contributed by atoms with van der Waals surface area (Å²) in [5.74, 6) is 0.821. The zero-order chi connectivity index (χ0) is 24.8. The van der Waals surface area contributed by atoms with E-state index in [0.29, 0.717) is 38.8 Å². The van der Waals surface area contributed by atoms with E-state index in [-0.39, 0.29) is 17.7 Å². The van der Waals surface area contributed by atoms with E-state index in [4.69, 9.17) is 4.74 Å². The van der Waals surface area contributed by atoms with Crippen molar-refractivity contribution in [2.24, 2.45) is 0 Å². The molecule has 1 aromatic heterocycles. The van der Waals surface area contributed by atoms with Gasteiger partial charge in [0.05, 0.1) is 11.8 Å². The van der Waals surface area contributed by atoms with E-state index < -0.39 is 15.6 Å². The number of amides is 1. The van der Waals surface area contributed by atoms with Crippen molar-refractivity contribution < 1.29 is 17.9 Å². The summed E-state index contributed by atoms with van der Waals surface area (Å²) in [7, 11) is -3.43. The number of fused-ring (bicyclic) bond motifs is 1. The van der Waals surface area contributed by atoms with Gasteiger partial charge in [-0.25, -0.2) is 8.42 Å². The number of aryl methyl sites for hydroxylation is 2. The van der Waals surface area contributed by atoms with E-state index >= 15 is 0 Å². The minimum atomic E-state index is -3.43. The molecule has 1 atom stereocenters. The summed E-state index contributed by atoms with van der Waals surface area (Å²) in [5.41, 5.74) is 1.54. The molecule has 7 nitrogen and oxygen atoms in total. The van der Waals surface area contributed by atoms with E-state index in [9.17, 15) is 13.2 Å². The summed E-state index contributed by atoms with van der Waals surface area (Å²) < 4.78 is 36.1. The molecule has 0 saturated carbocycles. The van der Waals surface area contributed by atoms with Gasteiger partial charge in [0.2, 0.25) is 15.9 Å². The summed E-state index contributed by atoms with van der Waals surface area (Å²) in [5, 5.41) is 2.97. The number of unbranched alkanes of at least 4 members (excludes halogenated alkanes) is 1. The van der Waals surface area contributed by atoms with Crippen molar-refractivity contribution in [3.8, 4) is 5.75 Å². The molecule has 2 aromatic rings. The van der Waals surface area contributed by atoms with Gasteiger partial charge < -0.3 is 14.6 Å². The molecule has 8 heteroatoms. The molecule has 1 aromatic carbocycles. The van der Waals surface area contributed by atoms with E-state index in [1.807, 2.05) is 63.5 Å². The molecular formula is C26H39N3O4S. The Morgan fingerprint density at radius 3 is 2.65 bits per heavy atom. The van der Waals surface area contributed by atoms with Gasteiger partial charge in [0.25, 0.3) is 0 Å². The number of carbonyl (C=O) groups is 1. The number of hydrogen-bond donors (Lipinski definition) is 1. The lowest BCUT2D eigenvalue weighted by atomic mass is 9.89. The molecule has 1 aliphatic rings. The van der Waals surface area contributed by atoms with Crippen LogP contribution in [0, 0.1) is 6.92 Å². The van der Waals surface area contributed by atoms with Crippen molar-refractivity contribution in [1.82, 2.24) is 14.2 Å². The summed E-state index contributed by atoms with van der Waals surface area (Å²) in [6.07, 6.45) is 7.17. The highest BCUT2D eigenvalue weighted by molar-refractivity contribution is 7.89. The fourth-order valence-electron chi connectivity index (χ4n) is 4.50. The van der Waals surface area contributed by atoms with Crippen molar-refractivity contribution in [2.75, 3.05) is 18.8 Å². The minimum absolute atomic E-state index is 0.0191. The van der Waals surface area contributed by atoms with Gasteiger partial charge in [-0.3, -0.25) is 4.79 Å².